The van der Waals surface area contributed by atoms with Crippen molar-refractivity contribution in [1.29, 1.82) is 0 Å². The Bertz CT molecular complexity index is 3810. The fourth-order valence-corrected chi connectivity index (χ4v) is 11.4. The van der Waals surface area contributed by atoms with Crippen LogP contribution < -0.4 is 14.5 Å². The van der Waals surface area contributed by atoms with Gasteiger partial charge < -0.3 is 14.5 Å². The van der Waals surface area contributed by atoms with Gasteiger partial charge in [-0.15, -0.1) is 0 Å². The number of nitrogens with zero attached hydrogens (tertiary/aromatic N) is 4. The SMILES string of the molecule is CC(C)(C)c1cc(Oc2cc(C(C)(C)c3ccccc3)c3c4ccccc4n(-c4cc(C(C)(C)C)ccn4)c3c2)cc(N2CN(c3cc(-c4ccccc4)cc(C(C)(C)c4ccccc4)c3)c3ccc(C(C)(C)C)cc32)c1. The maximum atomic E-state index is 7.42. The molecule has 0 radical (unpaired) electrons. The summed E-state index contributed by atoms with van der Waals surface area (Å²) in [4.78, 5) is 10.1. The summed E-state index contributed by atoms with van der Waals surface area (Å²) in [6.45, 7) is 30.6. The van der Waals surface area contributed by atoms with Crippen molar-refractivity contribution in [3.8, 4) is 28.4 Å². The van der Waals surface area contributed by atoms with Crippen LogP contribution in [0.3, 0.4) is 0 Å². The number of hydrogen-bond donors (Lipinski definition) is 0. The Hall–Kier alpha value is -7.89. The predicted molar refractivity (Wildman–Crippen MR) is 326 cm³/mol. The topological polar surface area (TPSA) is 33.5 Å². The first-order valence-electron chi connectivity index (χ1n) is 27.5. The van der Waals surface area contributed by atoms with Crippen LogP contribution in [0.2, 0.25) is 0 Å². The lowest BCUT2D eigenvalue weighted by Crippen LogP contribution is -2.25. The van der Waals surface area contributed by atoms with Crippen molar-refractivity contribution in [3.05, 3.63) is 239 Å². The summed E-state index contributed by atoms with van der Waals surface area (Å²) in [5.74, 6) is 2.45. The van der Waals surface area contributed by atoms with Crippen molar-refractivity contribution in [1.82, 2.24) is 9.55 Å². The van der Waals surface area contributed by atoms with Crippen LogP contribution in [0.1, 0.15) is 129 Å². The smallest absolute Gasteiger partial charge is 0.137 e. The number of aromatic nitrogens is 2. The van der Waals surface area contributed by atoms with Crippen LogP contribution in [0.4, 0.5) is 22.7 Å². The molecule has 0 spiro atoms. The van der Waals surface area contributed by atoms with Crippen molar-refractivity contribution in [3.63, 3.8) is 0 Å². The van der Waals surface area contributed by atoms with E-state index in [9.17, 15) is 0 Å². The average molecular weight is 1010 g/mol. The molecule has 11 rings (SSSR count). The lowest BCUT2D eigenvalue weighted by atomic mass is 9.76. The highest BCUT2D eigenvalue weighted by Crippen LogP contribution is 2.50. The zero-order chi connectivity index (χ0) is 54.2. The highest BCUT2D eigenvalue weighted by molar-refractivity contribution is 6.12. The number of pyridine rings is 1. The third-order valence-corrected chi connectivity index (χ3v) is 16.3. The van der Waals surface area contributed by atoms with Crippen LogP contribution in [-0.4, -0.2) is 16.2 Å². The predicted octanol–water partition coefficient (Wildman–Crippen LogP) is 19.4. The van der Waals surface area contributed by atoms with E-state index in [2.05, 4.69) is 298 Å². The Labute approximate surface area is 457 Å². The molecule has 77 heavy (non-hydrogen) atoms. The molecule has 2 aromatic heterocycles. The van der Waals surface area contributed by atoms with Crippen molar-refractivity contribution in [2.24, 2.45) is 0 Å². The third kappa shape index (κ3) is 9.60. The number of ether oxygens (including phenoxy) is 1. The van der Waals surface area contributed by atoms with Crippen molar-refractivity contribution in [2.75, 3.05) is 16.5 Å². The van der Waals surface area contributed by atoms with E-state index in [-0.39, 0.29) is 21.7 Å². The minimum absolute atomic E-state index is 0.0589. The van der Waals surface area contributed by atoms with Crippen LogP contribution in [0, 0.1) is 0 Å². The van der Waals surface area contributed by atoms with Crippen molar-refractivity contribution >= 4 is 44.6 Å². The first-order valence-corrected chi connectivity index (χ1v) is 27.5. The monoisotopic (exact) mass is 1010 g/mol. The highest BCUT2D eigenvalue weighted by atomic mass is 16.5. The molecule has 5 nitrogen and oxygen atoms in total. The zero-order valence-electron chi connectivity index (χ0n) is 47.5. The highest BCUT2D eigenvalue weighted by Gasteiger charge is 2.34. The molecule has 0 amide bonds. The number of para-hydroxylation sites is 1. The van der Waals surface area contributed by atoms with E-state index in [1.54, 1.807) is 0 Å². The number of benzene rings is 8. The summed E-state index contributed by atoms with van der Waals surface area (Å²) >= 11 is 0. The van der Waals surface area contributed by atoms with E-state index in [4.69, 9.17) is 9.72 Å². The number of anilines is 4. The van der Waals surface area contributed by atoms with Gasteiger partial charge in [-0.25, -0.2) is 4.98 Å². The quantitative estimate of drug-likeness (QED) is 0.137. The lowest BCUT2D eigenvalue weighted by Gasteiger charge is -2.30. The summed E-state index contributed by atoms with van der Waals surface area (Å²) < 4.78 is 9.77. The average Bonchev–Trinajstić information content (AvgIpc) is 4.08. The molecule has 0 saturated heterocycles. The minimum Gasteiger partial charge on any atom is -0.457 e. The first kappa shape index (κ1) is 51.2. The van der Waals surface area contributed by atoms with Crippen molar-refractivity contribution in [2.45, 2.75) is 117 Å². The molecule has 0 N–H and O–H groups in total. The fourth-order valence-electron chi connectivity index (χ4n) is 11.4. The summed E-state index contributed by atoms with van der Waals surface area (Å²) in [6, 6.07) is 71.5. The molecule has 10 aromatic rings. The van der Waals surface area contributed by atoms with Crippen LogP contribution >= 0.6 is 0 Å². The standard InChI is InChI=1S/C72H74N4O/c1-68(2,3)52-33-34-63-64(42-52)75(47-74(63)56-38-49(48-25-17-14-18-26-48)37-55(40-56)71(10,11)50-27-19-15-20-28-50)57-39-54(70(7,8)9)41-58(44-57)77-59-45-61(72(12,13)51-29-21-16-22-30-51)67-60-31-23-24-32-62(60)76(65(67)46-59)66-43-53(35-36-73-66)69(4,5)6/h14-46H,47H2,1-13H3. The van der Waals surface area contributed by atoms with Gasteiger partial charge in [0, 0.05) is 51.3 Å². The molecular weight excluding hydrogens is 937 g/mol. The van der Waals surface area contributed by atoms with Gasteiger partial charge in [0.2, 0.25) is 0 Å². The van der Waals surface area contributed by atoms with Gasteiger partial charge in [-0.3, -0.25) is 4.57 Å². The molecule has 1 aliphatic rings. The van der Waals surface area contributed by atoms with Crippen LogP contribution in [-0.2, 0) is 27.1 Å². The largest absolute Gasteiger partial charge is 0.457 e. The molecule has 0 saturated carbocycles. The molecule has 1 aliphatic heterocycles. The summed E-state index contributed by atoms with van der Waals surface area (Å²) in [5.41, 5.74) is 16.9. The second-order valence-electron chi connectivity index (χ2n) is 25.5. The van der Waals surface area contributed by atoms with Gasteiger partial charge in [-0.05, 0) is 127 Å². The molecule has 388 valence electrons. The van der Waals surface area contributed by atoms with Crippen molar-refractivity contribution < 1.29 is 4.74 Å². The van der Waals surface area contributed by atoms with E-state index >= 15 is 0 Å². The van der Waals surface area contributed by atoms with E-state index in [1.807, 2.05) is 6.20 Å². The first-order chi connectivity index (χ1) is 36.6. The number of fused-ring (bicyclic) bond motifs is 4. The molecule has 0 bridgehead atoms. The molecule has 0 fully saturated rings. The third-order valence-electron chi connectivity index (χ3n) is 16.3. The molecule has 3 heterocycles. The van der Waals surface area contributed by atoms with E-state index < -0.39 is 5.41 Å². The van der Waals surface area contributed by atoms with E-state index in [0.29, 0.717) is 6.67 Å². The van der Waals surface area contributed by atoms with Crippen LogP contribution in [0.15, 0.2) is 200 Å². The van der Waals surface area contributed by atoms with Gasteiger partial charge in [0.1, 0.15) is 24.0 Å². The van der Waals surface area contributed by atoms with Gasteiger partial charge in [0.15, 0.2) is 0 Å². The Balaban J connectivity index is 1.09. The molecule has 0 unspecified atom stereocenters. The van der Waals surface area contributed by atoms with Gasteiger partial charge >= 0.3 is 0 Å². The fraction of sp³-hybridized carbons (Fsp3) is 0.264. The molecule has 8 aromatic carbocycles. The Morgan fingerprint density at radius 2 is 0.948 bits per heavy atom. The van der Waals surface area contributed by atoms with Gasteiger partial charge in [0.05, 0.1) is 22.4 Å². The maximum Gasteiger partial charge on any atom is 0.137 e. The normalized spacial score (nSPS) is 13.4. The summed E-state index contributed by atoms with van der Waals surface area (Å²) in [5, 5.41) is 2.38. The molecular formula is C72H74N4O. The molecule has 0 atom stereocenters. The number of hydrogen-bond acceptors (Lipinski definition) is 4. The molecule has 0 aliphatic carbocycles. The Kier molecular flexibility index (Phi) is 12.6. The zero-order valence-corrected chi connectivity index (χ0v) is 47.5. The lowest BCUT2D eigenvalue weighted by molar-refractivity contribution is 0.477. The second-order valence-corrected chi connectivity index (χ2v) is 25.5. The summed E-state index contributed by atoms with van der Waals surface area (Å²) in [7, 11) is 0. The summed E-state index contributed by atoms with van der Waals surface area (Å²) in [6.07, 6.45) is 1.96. The Morgan fingerprint density at radius 3 is 1.61 bits per heavy atom. The van der Waals surface area contributed by atoms with Gasteiger partial charge in [0.25, 0.3) is 0 Å². The maximum absolute atomic E-state index is 7.42. The van der Waals surface area contributed by atoms with Gasteiger partial charge in [-0.2, -0.15) is 0 Å². The van der Waals surface area contributed by atoms with Gasteiger partial charge in [-0.1, -0.05) is 211 Å². The second kappa shape index (κ2) is 19.0. The minimum atomic E-state index is -0.394. The van der Waals surface area contributed by atoms with Crippen LogP contribution in [0.25, 0.3) is 38.8 Å². The van der Waals surface area contributed by atoms with E-state index in [0.717, 1.165) is 39.7 Å². The van der Waals surface area contributed by atoms with Crippen LogP contribution in [0.5, 0.6) is 11.5 Å². The Morgan fingerprint density at radius 1 is 0.390 bits per heavy atom. The van der Waals surface area contributed by atoms with E-state index in [1.165, 1.54) is 72.2 Å². The molecule has 5 heteroatoms. The number of rotatable bonds is 10.